The van der Waals surface area contributed by atoms with Crippen LogP contribution >= 0.6 is 11.5 Å². The molecule has 120 valence electrons. The SMILES string of the molecule is COc1ccccc1CN1CCN(c2snc(C)c2C#N)CC1. The molecule has 1 aliphatic heterocycles. The topological polar surface area (TPSA) is 52.4 Å². The molecule has 2 aromatic rings. The number of nitriles is 1. The zero-order valence-electron chi connectivity index (χ0n) is 13.5. The first kappa shape index (κ1) is 15.8. The van der Waals surface area contributed by atoms with Crippen molar-refractivity contribution in [2.24, 2.45) is 0 Å². The molecule has 0 radical (unpaired) electrons. The minimum atomic E-state index is 0.730. The lowest BCUT2D eigenvalue weighted by atomic mass is 10.1. The summed E-state index contributed by atoms with van der Waals surface area (Å²) in [6.45, 7) is 6.58. The zero-order valence-corrected chi connectivity index (χ0v) is 14.3. The number of aromatic nitrogens is 1. The summed E-state index contributed by atoms with van der Waals surface area (Å²) in [6, 6.07) is 10.4. The Morgan fingerprint density at radius 2 is 2.00 bits per heavy atom. The standard InChI is InChI=1S/C17H20N4OS/c1-13-15(11-18)17(23-19-13)21-9-7-20(8-10-21)12-14-5-3-4-6-16(14)22-2/h3-6H,7-10,12H2,1-2H3. The van der Waals surface area contributed by atoms with Crippen LogP contribution in [0, 0.1) is 18.3 Å². The van der Waals surface area contributed by atoms with Gasteiger partial charge in [-0.3, -0.25) is 4.90 Å². The van der Waals surface area contributed by atoms with Crippen molar-refractivity contribution in [1.82, 2.24) is 9.27 Å². The van der Waals surface area contributed by atoms with Gasteiger partial charge in [0.1, 0.15) is 22.4 Å². The predicted octanol–water partition coefficient (Wildman–Crippen LogP) is 2.65. The third-order valence-electron chi connectivity index (χ3n) is 4.20. The molecule has 6 heteroatoms. The van der Waals surface area contributed by atoms with E-state index in [-0.39, 0.29) is 0 Å². The zero-order chi connectivity index (χ0) is 16.2. The Morgan fingerprint density at radius 3 is 2.70 bits per heavy atom. The third-order valence-corrected chi connectivity index (χ3v) is 5.20. The van der Waals surface area contributed by atoms with Gasteiger partial charge < -0.3 is 9.64 Å². The van der Waals surface area contributed by atoms with Gasteiger partial charge in [-0.05, 0) is 24.5 Å². The predicted molar refractivity (Wildman–Crippen MR) is 92.1 cm³/mol. The van der Waals surface area contributed by atoms with Gasteiger partial charge in [0.2, 0.25) is 0 Å². The number of rotatable bonds is 4. The molecule has 1 aromatic heterocycles. The normalized spacial score (nSPS) is 15.4. The van der Waals surface area contributed by atoms with Gasteiger partial charge in [0.05, 0.1) is 12.8 Å². The summed E-state index contributed by atoms with van der Waals surface area (Å²) in [5.41, 5.74) is 2.78. The first-order valence-corrected chi connectivity index (χ1v) is 8.46. The van der Waals surface area contributed by atoms with E-state index in [9.17, 15) is 5.26 Å². The number of aryl methyl sites for hydroxylation is 1. The molecule has 0 spiro atoms. The summed E-state index contributed by atoms with van der Waals surface area (Å²) >= 11 is 1.43. The van der Waals surface area contributed by atoms with Crippen LogP contribution in [0.4, 0.5) is 5.00 Å². The molecule has 0 unspecified atom stereocenters. The molecule has 23 heavy (non-hydrogen) atoms. The molecule has 0 bridgehead atoms. The maximum absolute atomic E-state index is 9.29. The number of benzene rings is 1. The molecule has 0 saturated carbocycles. The molecule has 2 heterocycles. The quantitative estimate of drug-likeness (QED) is 0.863. The first-order valence-electron chi connectivity index (χ1n) is 7.68. The molecule has 1 aliphatic rings. The van der Waals surface area contributed by atoms with Crippen molar-refractivity contribution in [2.45, 2.75) is 13.5 Å². The second-order valence-corrected chi connectivity index (χ2v) is 6.39. The highest BCUT2D eigenvalue weighted by Crippen LogP contribution is 2.29. The molecular weight excluding hydrogens is 308 g/mol. The third kappa shape index (κ3) is 3.31. The number of hydrogen-bond acceptors (Lipinski definition) is 6. The van der Waals surface area contributed by atoms with Crippen LogP contribution in [0.2, 0.25) is 0 Å². The van der Waals surface area contributed by atoms with E-state index in [1.165, 1.54) is 17.1 Å². The van der Waals surface area contributed by atoms with Crippen molar-refractivity contribution in [2.75, 3.05) is 38.2 Å². The molecule has 3 rings (SSSR count). The van der Waals surface area contributed by atoms with Crippen LogP contribution in [0.5, 0.6) is 5.75 Å². The van der Waals surface area contributed by atoms with Crippen LogP contribution in [-0.2, 0) is 6.54 Å². The number of para-hydroxylation sites is 1. The van der Waals surface area contributed by atoms with Gasteiger partial charge in [-0.25, -0.2) is 0 Å². The number of hydrogen-bond donors (Lipinski definition) is 0. The summed E-state index contributed by atoms with van der Waals surface area (Å²) in [5, 5.41) is 10.3. The van der Waals surface area contributed by atoms with Gasteiger partial charge in [0.25, 0.3) is 0 Å². The average molecular weight is 328 g/mol. The Morgan fingerprint density at radius 1 is 1.26 bits per heavy atom. The number of nitrogens with zero attached hydrogens (tertiary/aromatic N) is 4. The Hall–Kier alpha value is -2.10. The van der Waals surface area contributed by atoms with E-state index in [2.05, 4.69) is 26.3 Å². The summed E-state index contributed by atoms with van der Waals surface area (Å²) in [6.07, 6.45) is 0. The summed E-state index contributed by atoms with van der Waals surface area (Å²) < 4.78 is 9.75. The highest BCUT2D eigenvalue weighted by Gasteiger charge is 2.22. The van der Waals surface area contributed by atoms with Crippen LogP contribution in [0.25, 0.3) is 0 Å². The highest BCUT2D eigenvalue weighted by molar-refractivity contribution is 7.10. The summed E-state index contributed by atoms with van der Waals surface area (Å²) in [4.78, 5) is 4.70. The Labute approximate surface area is 140 Å². The van der Waals surface area contributed by atoms with E-state index in [0.717, 1.165) is 54.7 Å². The molecule has 0 aliphatic carbocycles. The smallest absolute Gasteiger partial charge is 0.130 e. The summed E-state index contributed by atoms with van der Waals surface area (Å²) in [5.74, 6) is 0.944. The second-order valence-electron chi connectivity index (χ2n) is 5.63. The van der Waals surface area contributed by atoms with Gasteiger partial charge >= 0.3 is 0 Å². The van der Waals surface area contributed by atoms with Crippen molar-refractivity contribution in [1.29, 1.82) is 5.26 Å². The van der Waals surface area contributed by atoms with Gasteiger partial charge in [0, 0.05) is 38.3 Å². The number of methoxy groups -OCH3 is 1. The van der Waals surface area contributed by atoms with Crippen LogP contribution in [0.3, 0.4) is 0 Å². The molecule has 1 fully saturated rings. The molecule has 1 aromatic carbocycles. The van der Waals surface area contributed by atoms with Gasteiger partial charge in [-0.2, -0.15) is 9.64 Å². The fraction of sp³-hybridized carbons (Fsp3) is 0.412. The number of ether oxygens (including phenoxy) is 1. The lowest BCUT2D eigenvalue weighted by Crippen LogP contribution is -2.45. The number of piperazine rings is 1. The van der Waals surface area contributed by atoms with E-state index < -0.39 is 0 Å². The molecular formula is C17H20N4OS. The van der Waals surface area contributed by atoms with Gasteiger partial charge in [-0.1, -0.05) is 18.2 Å². The largest absolute Gasteiger partial charge is 0.496 e. The molecule has 0 amide bonds. The van der Waals surface area contributed by atoms with Crippen LogP contribution in [0.1, 0.15) is 16.8 Å². The molecule has 0 atom stereocenters. The highest BCUT2D eigenvalue weighted by atomic mass is 32.1. The van der Waals surface area contributed by atoms with Crippen molar-refractivity contribution < 1.29 is 4.74 Å². The van der Waals surface area contributed by atoms with Crippen molar-refractivity contribution >= 4 is 16.5 Å². The molecule has 5 nitrogen and oxygen atoms in total. The van der Waals surface area contributed by atoms with E-state index in [0.29, 0.717) is 0 Å². The van der Waals surface area contributed by atoms with E-state index in [1.54, 1.807) is 7.11 Å². The van der Waals surface area contributed by atoms with Crippen molar-refractivity contribution in [3.8, 4) is 11.8 Å². The first-order chi connectivity index (χ1) is 11.2. The maximum Gasteiger partial charge on any atom is 0.130 e. The van der Waals surface area contributed by atoms with E-state index in [1.807, 2.05) is 25.1 Å². The fourth-order valence-corrected chi connectivity index (χ4v) is 3.78. The summed E-state index contributed by atoms with van der Waals surface area (Å²) in [7, 11) is 1.71. The maximum atomic E-state index is 9.29. The Balaban J connectivity index is 1.64. The van der Waals surface area contributed by atoms with Crippen LogP contribution in [0.15, 0.2) is 24.3 Å². The van der Waals surface area contributed by atoms with E-state index in [4.69, 9.17) is 4.74 Å². The van der Waals surface area contributed by atoms with Crippen LogP contribution in [-0.4, -0.2) is 42.6 Å². The average Bonchev–Trinajstić information content (AvgIpc) is 2.97. The number of anilines is 1. The van der Waals surface area contributed by atoms with Crippen LogP contribution < -0.4 is 9.64 Å². The Bertz CT molecular complexity index is 714. The fourth-order valence-electron chi connectivity index (χ4n) is 2.89. The minimum absolute atomic E-state index is 0.730. The molecule has 1 saturated heterocycles. The van der Waals surface area contributed by atoms with Gasteiger partial charge in [0.15, 0.2) is 0 Å². The lowest BCUT2D eigenvalue weighted by molar-refractivity contribution is 0.246. The van der Waals surface area contributed by atoms with Gasteiger partial charge in [-0.15, -0.1) is 0 Å². The van der Waals surface area contributed by atoms with E-state index >= 15 is 0 Å². The minimum Gasteiger partial charge on any atom is -0.496 e. The molecule has 0 N–H and O–H groups in total. The lowest BCUT2D eigenvalue weighted by Gasteiger charge is -2.35. The monoisotopic (exact) mass is 328 g/mol. The second kappa shape index (κ2) is 6.99. The Kier molecular flexibility index (Phi) is 4.79. The van der Waals surface area contributed by atoms with Crippen molar-refractivity contribution in [3.05, 3.63) is 41.1 Å². The van der Waals surface area contributed by atoms with Crippen molar-refractivity contribution in [3.63, 3.8) is 0 Å².